The third kappa shape index (κ3) is 4.70. The lowest BCUT2D eigenvalue weighted by Crippen LogP contribution is -2.21. The van der Waals surface area contributed by atoms with Crippen LogP contribution in [0.25, 0.3) is 0 Å². The second-order valence-electron chi connectivity index (χ2n) is 5.10. The summed E-state index contributed by atoms with van der Waals surface area (Å²) in [7, 11) is 0. The Kier molecular flexibility index (Phi) is 6.11. The lowest BCUT2D eigenvalue weighted by atomic mass is 10.2. The molecule has 0 unspecified atom stereocenters. The number of nitro groups is 3. The highest BCUT2D eigenvalue weighted by Gasteiger charge is 2.32. The van der Waals surface area contributed by atoms with Crippen molar-refractivity contribution in [2.24, 2.45) is 0 Å². The Morgan fingerprint density at radius 2 is 1.46 bits per heavy atom. The van der Waals surface area contributed by atoms with Crippen molar-refractivity contribution in [1.82, 2.24) is 5.32 Å². The SMILES string of the molecule is O=[N+]([O-])c1cc([N+](=O)[O-])c(OCCNCc2ccccc2)c([N+](=O)[O-])c1. The fraction of sp³-hybridized carbons (Fsp3) is 0.200. The van der Waals surface area contributed by atoms with Crippen LogP contribution in [0.1, 0.15) is 5.56 Å². The predicted octanol–water partition coefficient (Wildman–Crippen LogP) is 2.58. The number of nitrogens with zero attached hydrogens (tertiary/aromatic N) is 3. The molecule has 0 radical (unpaired) electrons. The zero-order valence-corrected chi connectivity index (χ0v) is 13.4. The number of hydrogen-bond donors (Lipinski definition) is 1. The van der Waals surface area contributed by atoms with Crippen LogP contribution in [0.4, 0.5) is 17.1 Å². The number of hydrogen-bond acceptors (Lipinski definition) is 8. The van der Waals surface area contributed by atoms with Gasteiger partial charge in [0.2, 0.25) is 0 Å². The quantitative estimate of drug-likeness (QED) is 0.406. The van der Waals surface area contributed by atoms with Crippen LogP contribution in [0, 0.1) is 30.3 Å². The molecule has 26 heavy (non-hydrogen) atoms. The molecule has 11 nitrogen and oxygen atoms in total. The van der Waals surface area contributed by atoms with Gasteiger partial charge in [-0.1, -0.05) is 30.3 Å². The lowest BCUT2D eigenvalue weighted by Gasteiger charge is -2.08. The van der Waals surface area contributed by atoms with E-state index in [1.807, 2.05) is 30.3 Å². The average molecular weight is 362 g/mol. The maximum absolute atomic E-state index is 11.1. The van der Waals surface area contributed by atoms with Crippen molar-refractivity contribution in [3.8, 4) is 5.75 Å². The van der Waals surface area contributed by atoms with E-state index in [9.17, 15) is 30.3 Å². The van der Waals surface area contributed by atoms with E-state index >= 15 is 0 Å². The lowest BCUT2D eigenvalue weighted by molar-refractivity contribution is -0.404. The minimum atomic E-state index is -0.952. The zero-order chi connectivity index (χ0) is 19.1. The smallest absolute Gasteiger partial charge is 0.325 e. The summed E-state index contributed by atoms with van der Waals surface area (Å²) < 4.78 is 5.20. The molecular formula is C15H14N4O7. The predicted molar refractivity (Wildman–Crippen MR) is 90.0 cm³/mol. The molecule has 0 saturated heterocycles. The zero-order valence-electron chi connectivity index (χ0n) is 13.4. The molecule has 0 spiro atoms. The summed E-state index contributed by atoms with van der Waals surface area (Å²) in [5.41, 5.74) is -1.39. The standard InChI is InChI=1S/C15H14N4O7/c20-17(21)12-8-13(18(22)23)15(14(9-12)19(24)25)26-7-6-16-10-11-4-2-1-3-5-11/h1-5,8-9,16H,6-7,10H2. The van der Waals surface area contributed by atoms with Crippen molar-refractivity contribution in [3.05, 3.63) is 78.4 Å². The van der Waals surface area contributed by atoms with E-state index in [2.05, 4.69) is 5.32 Å². The molecule has 0 saturated carbocycles. The molecule has 0 heterocycles. The highest BCUT2D eigenvalue weighted by Crippen LogP contribution is 2.40. The van der Waals surface area contributed by atoms with E-state index in [4.69, 9.17) is 4.74 Å². The summed E-state index contributed by atoms with van der Waals surface area (Å²) in [6, 6.07) is 10.7. The van der Waals surface area contributed by atoms with E-state index in [-0.39, 0.29) is 13.2 Å². The van der Waals surface area contributed by atoms with Crippen LogP contribution in [-0.4, -0.2) is 27.9 Å². The summed E-state index contributed by atoms with van der Waals surface area (Å²) in [5.74, 6) is -0.605. The van der Waals surface area contributed by atoms with Gasteiger partial charge in [-0.2, -0.15) is 0 Å². The Labute approximate surface area is 146 Å². The van der Waals surface area contributed by atoms with Gasteiger partial charge in [0, 0.05) is 13.1 Å². The molecule has 2 aromatic rings. The Hall–Kier alpha value is -3.60. The van der Waals surface area contributed by atoms with Crippen molar-refractivity contribution in [3.63, 3.8) is 0 Å². The Bertz CT molecular complexity index is 791. The van der Waals surface area contributed by atoms with Crippen LogP contribution in [0.5, 0.6) is 5.75 Å². The van der Waals surface area contributed by atoms with Gasteiger partial charge in [-0.25, -0.2) is 0 Å². The topological polar surface area (TPSA) is 151 Å². The highest BCUT2D eigenvalue weighted by atomic mass is 16.6. The van der Waals surface area contributed by atoms with Gasteiger partial charge in [-0.3, -0.25) is 30.3 Å². The largest absolute Gasteiger partial charge is 0.481 e. The number of ether oxygens (including phenoxy) is 1. The minimum Gasteiger partial charge on any atom is -0.481 e. The van der Waals surface area contributed by atoms with Crippen LogP contribution >= 0.6 is 0 Å². The molecule has 0 aliphatic heterocycles. The highest BCUT2D eigenvalue weighted by molar-refractivity contribution is 5.65. The second-order valence-corrected chi connectivity index (χ2v) is 5.10. The summed E-state index contributed by atoms with van der Waals surface area (Å²) >= 11 is 0. The van der Waals surface area contributed by atoms with Gasteiger partial charge in [0.1, 0.15) is 6.61 Å². The number of benzene rings is 2. The summed E-state index contributed by atoms with van der Waals surface area (Å²) in [6.45, 7) is 0.696. The number of non-ortho nitro benzene ring substituents is 1. The molecule has 0 fully saturated rings. The van der Waals surface area contributed by atoms with E-state index in [1.165, 1.54) is 0 Å². The Balaban J connectivity index is 2.10. The van der Waals surface area contributed by atoms with E-state index in [0.717, 1.165) is 5.56 Å². The first kappa shape index (κ1) is 18.7. The fourth-order valence-electron chi connectivity index (χ4n) is 2.16. The Morgan fingerprint density at radius 1 is 0.885 bits per heavy atom. The molecule has 11 heteroatoms. The number of rotatable bonds is 9. The van der Waals surface area contributed by atoms with Crippen LogP contribution in [0.15, 0.2) is 42.5 Å². The van der Waals surface area contributed by atoms with Crippen molar-refractivity contribution < 1.29 is 19.5 Å². The first-order valence-electron chi connectivity index (χ1n) is 7.39. The van der Waals surface area contributed by atoms with Gasteiger partial charge >= 0.3 is 11.4 Å². The van der Waals surface area contributed by atoms with Gasteiger partial charge in [0.15, 0.2) is 0 Å². The third-order valence-electron chi connectivity index (χ3n) is 3.34. The van der Waals surface area contributed by atoms with Crippen LogP contribution in [0.3, 0.4) is 0 Å². The normalized spacial score (nSPS) is 10.3. The van der Waals surface area contributed by atoms with Gasteiger partial charge in [0.25, 0.3) is 11.4 Å². The molecule has 0 atom stereocenters. The molecule has 136 valence electrons. The van der Waals surface area contributed by atoms with Crippen molar-refractivity contribution >= 4 is 17.1 Å². The second kappa shape index (κ2) is 8.48. The Morgan fingerprint density at radius 3 is 1.96 bits per heavy atom. The van der Waals surface area contributed by atoms with Crippen molar-refractivity contribution in [2.45, 2.75) is 6.54 Å². The first-order chi connectivity index (χ1) is 12.4. The van der Waals surface area contributed by atoms with Crippen LogP contribution in [-0.2, 0) is 6.54 Å². The third-order valence-corrected chi connectivity index (χ3v) is 3.34. The maximum Gasteiger partial charge on any atom is 0.325 e. The molecule has 2 aromatic carbocycles. The average Bonchev–Trinajstić information content (AvgIpc) is 2.61. The summed E-state index contributed by atoms with van der Waals surface area (Å²) in [4.78, 5) is 30.2. The summed E-state index contributed by atoms with van der Waals surface area (Å²) in [6.07, 6.45) is 0. The van der Waals surface area contributed by atoms with Crippen LogP contribution in [0.2, 0.25) is 0 Å². The molecule has 1 N–H and O–H groups in total. The van der Waals surface area contributed by atoms with Gasteiger partial charge in [-0.05, 0) is 5.56 Å². The fourth-order valence-corrected chi connectivity index (χ4v) is 2.16. The molecular weight excluding hydrogens is 348 g/mol. The number of nitro benzene ring substituents is 3. The van der Waals surface area contributed by atoms with Gasteiger partial charge in [0.05, 0.1) is 26.9 Å². The van der Waals surface area contributed by atoms with Crippen LogP contribution < -0.4 is 10.1 Å². The van der Waals surface area contributed by atoms with Crippen molar-refractivity contribution in [2.75, 3.05) is 13.2 Å². The van der Waals surface area contributed by atoms with E-state index in [0.29, 0.717) is 18.7 Å². The molecule has 2 rings (SSSR count). The minimum absolute atomic E-state index is 0.0909. The van der Waals surface area contributed by atoms with Gasteiger partial charge < -0.3 is 10.1 Å². The molecule has 0 aromatic heterocycles. The number of nitrogens with one attached hydrogen (secondary N) is 1. The van der Waals surface area contributed by atoms with E-state index in [1.54, 1.807) is 0 Å². The monoisotopic (exact) mass is 362 g/mol. The summed E-state index contributed by atoms with van der Waals surface area (Å²) in [5, 5.41) is 36.1. The molecule has 0 bridgehead atoms. The first-order valence-corrected chi connectivity index (χ1v) is 7.39. The molecule has 0 aliphatic carbocycles. The maximum atomic E-state index is 11.1. The van der Waals surface area contributed by atoms with Gasteiger partial charge in [-0.15, -0.1) is 0 Å². The van der Waals surface area contributed by atoms with Crippen molar-refractivity contribution in [1.29, 1.82) is 0 Å². The molecule has 0 amide bonds. The molecule has 0 aliphatic rings. The van der Waals surface area contributed by atoms with E-state index < -0.39 is 37.6 Å².